The predicted octanol–water partition coefficient (Wildman–Crippen LogP) is 3.43. The topological polar surface area (TPSA) is 88.8 Å². The highest BCUT2D eigenvalue weighted by atomic mass is 31.1. The van der Waals surface area contributed by atoms with Crippen molar-refractivity contribution in [3.05, 3.63) is 47.5 Å². The average molecular weight is 319 g/mol. The minimum absolute atomic E-state index is 0.225. The summed E-state index contributed by atoms with van der Waals surface area (Å²) in [4.78, 5) is 8.85. The quantitative estimate of drug-likeness (QED) is 0.849. The fourth-order valence-corrected chi connectivity index (χ4v) is 2.26. The molecular formula is C15H14NO5P. The first-order valence-electron chi connectivity index (χ1n) is 6.31. The van der Waals surface area contributed by atoms with Gasteiger partial charge in [-0.1, -0.05) is 6.07 Å². The maximum atomic E-state index is 10.8. The standard InChI is InChI=1S/C15H14NO5P/c1-10-6-11(8-12(7-10)21-22(17)18)20-15-5-3-4-14(19-2)13(15)9-16/h3-8,22H,1-2H3,(H,17,18). The summed E-state index contributed by atoms with van der Waals surface area (Å²) in [6, 6.07) is 11.8. The van der Waals surface area contributed by atoms with Gasteiger partial charge in [0.1, 0.15) is 34.6 Å². The molecule has 0 bridgehead atoms. The molecule has 1 atom stereocenters. The molecule has 0 aromatic heterocycles. The van der Waals surface area contributed by atoms with Crippen LogP contribution in [0.1, 0.15) is 11.1 Å². The number of rotatable bonds is 5. The highest BCUT2D eigenvalue weighted by Crippen LogP contribution is 2.34. The first-order chi connectivity index (χ1) is 10.5. The Labute approximate surface area is 128 Å². The molecule has 6 nitrogen and oxygen atoms in total. The van der Waals surface area contributed by atoms with Crippen molar-refractivity contribution in [1.82, 2.24) is 0 Å². The van der Waals surface area contributed by atoms with Crippen LogP contribution in [0.15, 0.2) is 36.4 Å². The molecule has 0 spiro atoms. The van der Waals surface area contributed by atoms with Gasteiger partial charge in [0.05, 0.1) is 7.11 Å². The zero-order chi connectivity index (χ0) is 16.1. The van der Waals surface area contributed by atoms with E-state index in [4.69, 9.17) is 18.9 Å². The molecular weight excluding hydrogens is 305 g/mol. The van der Waals surface area contributed by atoms with Gasteiger partial charge >= 0.3 is 8.25 Å². The molecule has 1 N–H and O–H groups in total. The fraction of sp³-hybridized carbons (Fsp3) is 0.133. The van der Waals surface area contributed by atoms with Crippen LogP contribution in [0.4, 0.5) is 0 Å². The summed E-state index contributed by atoms with van der Waals surface area (Å²) in [5.74, 6) is 1.35. The third-order valence-corrected chi connectivity index (χ3v) is 3.19. The lowest BCUT2D eigenvalue weighted by Crippen LogP contribution is -1.93. The normalized spacial score (nSPS) is 11.4. The Morgan fingerprint density at radius 2 is 1.86 bits per heavy atom. The molecule has 0 radical (unpaired) electrons. The van der Waals surface area contributed by atoms with Crippen LogP contribution in [0.2, 0.25) is 0 Å². The van der Waals surface area contributed by atoms with Crippen LogP contribution in [0.3, 0.4) is 0 Å². The zero-order valence-corrected chi connectivity index (χ0v) is 13.0. The molecule has 22 heavy (non-hydrogen) atoms. The summed E-state index contributed by atoms with van der Waals surface area (Å²) in [7, 11) is -1.62. The van der Waals surface area contributed by atoms with E-state index in [0.29, 0.717) is 17.2 Å². The van der Waals surface area contributed by atoms with Gasteiger partial charge < -0.3 is 18.9 Å². The van der Waals surface area contributed by atoms with E-state index in [-0.39, 0.29) is 11.3 Å². The number of nitriles is 1. The molecule has 114 valence electrons. The molecule has 7 heteroatoms. The lowest BCUT2D eigenvalue weighted by molar-refractivity contribution is 0.404. The largest absolute Gasteiger partial charge is 0.495 e. The van der Waals surface area contributed by atoms with Crippen molar-refractivity contribution in [3.8, 4) is 29.1 Å². The highest BCUT2D eigenvalue weighted by Gasteiger charge is 2.11. The minimum Gasteiger partial charge on any atom is -0.495 e. The van der Waals surface area contributed by atoms with E-state index in [1.807, 2.05) is 6.07 Å². The minimum atomic E-state index is -3.09. The van der Waals surface area contributed by atoms with Crippen LogP contribution in [-0.2, 0) is 4.57 Å². The third kappa shape index (κ3) is 3.79. The van der Waals surface area contributed by atoms with Gasteiger partial charge in [-0.15, -0.1) is 0 Å². The SMILES string of the molecule is COc1cccc(Oc2cc(C)cc(O[PH](=O)O)c2)c1C#N. The van der Waals surface area contributed by atoms with E-state index < -0.39 is 8.25 Å². The van der Waals surface area contributed by atoms with Gasteiger partial charge in [-0.2, -0.15) is 5.26 Å². The van der Waals surface area contributed by atoms with Crippen molar-refractivity contribution >= 4 is 8.25 Å². The number of benzene rings is 2. The molecule has 2 rings (SSSR count). The number of hydrogen-bond donors (Lipinski definition) is 1. The molecule has 0 amide bonds. The molecule has 0 fully saturated rings. The van der Waals surface area contributed by atoms with Gasteiger partial charge in [0.25, 0.3) is 0 Å². The second-order valence-electron chi connectivity index (χ2n) is 4.40. The van der Waals surface area contributed by atoms with Crippen molar-refractivity contribution in [3.63, 3.8) is 0 Å². The Morgan fingerprint density at radius 1 is 1.18 bits per heavy atom. The van der Waals surface area contributed by atoms with Crippen LogP contribution in [0, 0.1) is 18.3 Å². The van der Waals surface area contributed by atoms with Crippen LogP contribution in [0.5, 0.6) is 23.0 Å². The lowest BCUT2D eigenvalue weighted by atomic mass is 10.2. The Kier molecular flexibility index (Phi) is 5.05. The summed E-state index contributed by atoms with van der Waals surface area (Å²) < 4.78 is 26.4. The number of methoxy groups -OCH3 is 1. The van der Waals surface area contributed by atoms with E-state index in [1.165, 1.54) is 13.2 Å². The molecule has 0 aliphatic heterocycles. The van der Waals surface area contributed by atoms with Crippen molar-refractivity contribution in [2.75, 3.05) is 7.11 Å². The van der Waals surface area contributed by atoms with Crippen molar-refractivity contribution in [2.24, 2.45) is 0 Å². The van der Waals surface area contributed by atoms with Crippen LogP contribution < -0.4 is 14.0 Å². The van der Waals surface area contributed by atoms with Crippen LogP contribution in [-0.4, -0.2) is 12.0 Å². The maximum Gasteiger partial charge on any atom is 0.365 e. The lowest BCUT2D eigenvalue weighted by Gasteiger charge is -2.12. The van der Waals surface area contributed by atoms with E-state index in [1.54, 1.807) is 37.3 Å². The Balaban J connectivity index is 2.37. The Morgan fingerprint density at radius 3 is 2.50 bits per heavy atom. The van der Waals surface area contributed by atoms with Gasteiger partial charge in [0.15, 0.2) is 0 Å². The first kappa shape index (κ1) is 15.9. The number of hydrogen-bond acceptors (Lipinski definition) is 5. The van der Waals surface area contributed by atoms with Gasteiger partial charge in [0.2, 0.25) is 0 Å². The molecule has 0 aliphatic rings. The molecule has 1 unspecified atom stereocenters. The van der Waals surface area contributed by atoms with E-state index >= 15 is 0 Å². The number of ether oxygens (including phenoxy) is 2. The molecule has 0 saturated heterocycles. The Bertz CT molecular complexity index is 754. The predicted molar refractivity (Wildman–Crippen MR) is 80.8 cm³/mol. The van der Waals surface area contributed by atoms with E-state index in [2.05, 4.69) is 0 Å². The maximum absolute atomic E-state index is 10.8. The summed E-state index contributed by atoms with van der Waals surface area (Å²) in [5, 5.41) is 9.23. The fourth-order valence-electron chi connectivity index (χ4n) is 1.94. The number of aryl methyl sites for hydroxylation is 1. The van der Waals surface area contributed by atoms with E-state index in [0.717, 1.165) is 5.56 Å². The zero-order valence-electron chi connectivity index (χ0n) is 12.0. The smallest absolute Gasteiger partial charge is 0.365 e. The van der Waals surface area contributed by atoms with Crippen LogP contribution >= 0.6 is 8.25 Å². The molecule has 0 aliphatic carbocycles. The van der Waals surface area contributed by atoms with Crippen molar-refractivity contribution < 1.29 is 23.5 Å². The van der Waals surface area contributed by atoms with Crippen molar-refractivity contribution in [2.45, 2.75) is 6.92 Å². The van der Waals surface area contributed by atoms with E-state index in [9.17, 15) is 9.83 Å². The number of nitrogens with zero attached hydrogens (tertiary/aromatic N) is 1. The second-order valence-corrected chi connectivity index (χ2v) is 5.13. The monoisotopic (exact) mass is 319 g/mol. The van der Waals surface area contributed by atoms with Crippen LogP contribution in [0.25, 0.3) is 0 Å². The summed E-state index contributed by atoms with van der Waals surface area (Å²) in [6.45, 7) is 1.80. The first-order valence-corrected chi connectivity index (χ1v) is 7.57. The molecule has 2 aromatic carbocycles. The van der Waals surface area contributed by atoms with Gasteiger partial charge in [-0.05, 0) is 36.8 Å². The third-order valence-electron chi connectivity index (χ3n) is 2.78. The summed E-state index contributed by atoms with van der Waals surface area (Å²) in [5.41, 5.74) is 1.06. The van der Waals surface area contributed by atoms with Gasteiger partial charge in [-0.25, -0.2) is 4.57 Å². The second kappa shape index (κ2) is 6.99. The average Bonchev–Trinajstić information content (AvgIpc) is 2.45. The van der Waals surface area contributed by atoms with Crippen molar-refractivity contribution in [1.29, 1.82) is 5.26 Å². The molecule has 0 saturated carbocycles. The molecule has 2 aromatic rings. The van der Waals surface area contributed by atoms with Gasteiger partial charge in [-0.3, -0.25) is 0 Å². The summed E-state index contributed by atoms with van der Waals surface area (Å²) >= 11 is 0. The Hall–Kier alpha value is -2.48. The van der Waals surface area contributed by atoms with Gasteiger partial charge in [0, 0.05) is 6.07 Å². The highest BCUT2D eigenvalue weighted by molar-refractivity contribution is 7.32. The molecule has 0 heterocycles. The summed E-state index contributed by atoms with van der Waals surface area (Å²) in [6.07, 6.45) is 0.